The molecule has 0 radical (unpaired) electrons. The fourth-order valence-electron chi connectivity index (χ4n) is 4.91. The van der Waals surface area contributed by atoms with Crippen molar-refractivity contribution in [3.05, 3.63) is 83.4 Å². The van der Waals surface area contributed by atoms with Gasteiger partial charge in [0, 0.05) is 11.1 Å². The molecule has 0 N–H and O–H groups in total. The van der Waals surface area contributed by atoms with Crippen LogP contribution in [0.4, 0.5) is 22.0 Å². The number of para-hydroxylation sites is 1. The van der Waals surface area contributed by atoms with E-state index in [4.69, 9.17) is 4.74 Å². The molecule has 0 atom stereocenters. The van der Waals surface area contributed by atoms with Crippen LogP contribution in [0, 0.1) is 23.5 Å². The summed E-state index contributed by atoms with van der Waals surface area (Å²) in [5, 5.41) is 0. The van der Waals surface area contributed by atoms with Crippen molar-refractivity contribution in [2.75, 3.05) is 0 Å². The first-order valence-corrected chi connectivity index (χ1v) is 12.2. The van der Waals surface area contributed by atoms with Gasteiger partial charge in [0.05, 0.1) is 5.56 Å². The minimum atomic E-state index is -4.43. The molecule has 0 unspecified atom stereocenters. The average Bonchev–Trinajstić information content (AvgIpc) is 2.86. The predicted octanol–water partition coefficient (Wildman–Crippen LogP) is 9.59. The Bertz CT molecular complexity index is 1130. The van der Waals surface area contributed by atoms with E-state index in [1.165, 1.54) is 43.5 Å². The first-order valence-electron chi connectivity index (χ1n) is 12.2. The third-order valence-corrected chi connectivity index (χ3v) is 7.13. The summed E-state index contributed by atoms with van der Waals surface area (Å²) in [6.07, 6.45) is 2.33. The van der Waals surface area contributed by atoms with Crippen LogP contribution in [-0.4, -0.2) is 0 Å². The smallest absolute Gasteiger partial charge is 0.416 e. The van der Waals surface area contributed by atoms with Crippen LogP contribution in [0.15, 0.2) is 60.7 Å². The normalized spacial score (nSPS) is 18.5. The second-order valence-corrected chi connectivity index (χ2v) is 9.35. The van der Waals surface area contributed by atoms with Gasteiger partial charge in [-0.05, 0) is 60.6 Å². The van der Waals surface area contributed by atoms with Crippen LogP contribution in [0.25, 0.3) is 11.1 Å². The van der Waals surface area contributed by atoms with Gasteiger partial charge < -0.3 is 4.74 Å². The maximum Gasteiger partial charge on any atom is 0.416 e. The number of rotatable bonds is 7. The van der Waals surface area contributed by atoms with Crippen molar-refractivity contribution < 1.29 is 26.7 Å². The molecule has 0 aliphatic heterocycles. The lowest BCUT2D eigenvalue weighted by atomic mass is 9.78. The van der Waals surface area contributed by atoms with Gasteiger partial charge >= 0.3 is 6.18 Å². The van der Waals surface area contributed by atoms with E-state index < -0.39 is 23.4 Å². The van der Waals surface area contributed by atoms with Gasteiger partial charge in [-0.1, -0.05) is 69.4 Å². The maximum absolute atomic E-state index is 15.3. The van der Waals surface area contributed by atoms with Crippen LogP contribution >= 0.6 is 0 Å². The van der Waals surface area contributed by atoms with Crippen molar-refractivity contribution in [2.45, 2.75) is 58.0 Å². The largest absolute Gasteiger partial charge is 0.454 e. The van der Waals surface area contributed by atoms with Crippen LogP contribution in [0.2, 0.25) is 0 Å². The summed E-state index contributed by atoms with van der Waals surface area (Å²) < 4.78 is 74.5. The highest BCUT2D eigenvalue weighted by atomic mass is 19.4. The lowest BCUT2D eigenvalue weighted by Crippen LogP contribution is -2.15. The zero-order chi connectivity index (χ0) is 25.0. The third-order valence-electron chi connectivity index (χ3n) is 7.13. The summed E-state index contributed by atoms with van der Waals surface area (Å²) in [5.41, 5.74) is 0.280. The number of alkyl halides is 3. The fourth-order valence-corrected chi connectivity index (χ4v) is 4.91. The van der Waals surface area contributed by atoms with Gasteiger partial charge in [0.1, 0.15) is 11.6 Å². The van der Waals surface area contributed by atoms with Crippen LogP contribution in [0.3, 0.4) is 0 Å². The predicted molar refractivity (Wildman–Crippen MR) is 127 cm³/mol. The van der Waals surface area contributed by atoms with E-state index in [0.717, 1.165) is 37.3 Å². The lowest BCUT2D eigenvalue weighted by Gasteiger charge is -2.27. The molecular weight excluding hydrogens is 459 g/mol. The zero-order valence-electron chi connectivity index (χ0n) is 19.7. The van der Waals surface area contributed by atoms with Gasteiger partial charge in [0.25, 0.3) is 0 Å². The van der Waals surface area contributed by atoms with Gasteiger partial charge in [-0.25, -0.2) is 8.78 Å². The van der Waals surface area contributed by atoms with E-state index in [2.05, 4.69) is 6.92 Å². The Hall–Kier alpha value is -2.89. The van der Waals surface area contributed by atoms with Gasteiger partial charge in [0.2, 0.25) is 0 Å². The molecule has 3 aromatic carbocycles. The van der Waals surface area contributed by atoms with Gasteiger partial charge in [-0.3, -0.25) is 0 Å². The molecule has 1 nitrogen and oxygen atoms in total. The van der Waals surface area contributed by atoms with Crippen LogP contribution in [0.5, 0.6) is 11.5 Å². The first-order chi connectivity index (χ1) is 16.8. The molecule has 4 rings (SSSR count). The zero-order valence-corrected chi connectivity index (χ0v) is 19.7. The minimum absolute atomic E-state index is 0.0205. The topological polar surface area (TPSA) is 9.23 Å². The minimum Gasteiger partial charge on any atom is -0.454 e. The fraction of sp³-hybridized carbons (Fsp3) is 0.379. The Morgan fingerprint density at radius 2 is 1.46 bits per heavy atom. The summed E-state index contributed by atoms with van der Waals surface area (Å²) in [7, 11) is 0. The number of hydrogen-bond acceptors (Lipinski definition) is 1. The van der Waals surface area contributed by atoms with Crippen LogP contribution in [-0.2, 0) is 12.6 Å². The van der Waals surface area contributed by atoms with Crippen molar-refractivity contribution in [3.63, 3.8) is 0 Å². The molecule has 0 bridgehead atoms. The van der Waals surface area contributed by atoms with E-state index in [-0.39, 0.29) is 17.1 Å². The molecule has 35 heavy (non-hydrogen) atoms. The van der Waals surface area contributed by atoms with Gasteiger partial charge in [-0.15, -0.1) is 0 Å². The third kappa shape index (κ3) is 6.03. The summed E-state index contributed by atoms with van der Waals surface area (Å²) >= 11 is 0. The van der Waals surface area contributed by atoms with Crippen molar-refractivity contribution in [3.8, 4) is 22.6 Å². The maximum atomic E-state index is 15.3. The highest BCUT2D eigenvalue weighted by molar-refractivity contribution is 5.71. The van der Waals surface area contributed by atoms with Crippen molar-refractivity contribution in [1.29, 1.82) is 0 Å². The summed E-state index contributed by atoms with van der Waals surface area (Å²) in [4.78, 5) is 0. The highest BCUT2D eigenvalue weighted by Gasteiger charge is 2.30. The number of halogens is 5. The van der Waals surface area contributed by atoms with Crippen molar-refractivity contribution in [2.24, 2.45) is 11.8 Å². The van der Waals surface area contributed by atoms with Gasteiger partial charge in [0.15, 0.2) is 11.6 Å². The number of ether oxygens (including phenoxy) is 1. The molecule has 186 valence electrons. The number of hydrogen-bond donors (Lipinski definition) is 0. The average molecular weight is 489 g/mol. The van der Waals surface area contributed by atoms with E-state index in [1.807, 2.05) is 0 Å². The van der Waals surface area contributed by atoms with E-state index >= 15 is 4.39 Å². The number of benzene rings is 3. The first kappa shape index (κ1) is 25.2. The van der Waals surface area contributed by atoms with Crippen molar-refractivity contribution in [1.82, 2.24) is 0 Å². The van der Waals surface area contributed by atoms with E-state index in [1.54, 1.807) is 24.3 Å². The Kier molecular flexibility index (Phi) is 7.78. The molecule has 0 aromatic heterocycles. The molecule has 0 amide bonds. The van der Waals surface area contributed by atoms with Crippen LogP contribution in [0.1, 0.15) is 56.6 Å². The Balaban J connectivity index is 1.52. The lowest BCUT2D eigenvalue weighted by molar-refractivity contribution is -0.137. The molecule has 1 fully saturated rings. The summed E-state index contributed by atoms with van der Waals surface area (Å²) in [6, 6.07) is 13.9. The summed E-state index contributed by atoms with van der Waals surface area (Å²) in [6.45, 7) is 2.21. The van der Waals surface area contributed by atoms with E-state index in [0.29, 0.717) is 23.5 Å². The molecule has 0 heterocycles. The highest BCUT2D eigenvalue weighted by Crippen LogP contribution is 2.38. The van der Waals surface area contributed by atoms with Crippen LogP contribution < -0.4 is 4.74 Å². The van der Waals surface area contributed by atoms with Crippen molar-refractivity contribution >= 4 is 0 Å². The SMILES string of the molecule is CCC1CCC(CCc2c(F)ccc(Oc3ccccc3-c3ccc(C(F)(F)F)cc3)c2F)CC1. The molecular formula is C29H29F5O. The molecule has 0 spiro atoms. The summed E-state index contributed by atoms with van der Waals surface area (Å²) in [5.74, 6) is 0.0994. The monoisotopic (exact) mass is 488 g/mol. The molecule has 1 aliphatic carbocycles. The Morgan fingerprint density at radius 1 is 0.800 bits per heavy atom. The molecule has 6 heteroatoms. The van der Waals surface area contributed by atoms with E-state index in [9.17, 15) is 17.6 Å². The quantitative estimate of drug-likeness (QED) is 0.301. The Labute approximate surface area is 202 Å². The molecule has 3 aromatic rings. The second-order valence-electron chi connectivity index (χ2n) is 9.35. The molecule has 1 saturated carbocycles. The molecule has 0 saturated heterocycles. The standard InChI is InChI=1S/C29H29F5O/c1-2-19-7-9-20(10-8-19)11-16-24-25(30)17-18-27(28(24)31)35-26-6-4-3-5-23(26)21-12-14-22(15-13-21)29(32,33)34/h3-6,12-15,17-20H,2,7-11,16H2,1H3. The Morgan fingerprint density at radius 3 is 2.11 bits per heavy atom. The van der Waals surface area contributed by atoms with Gasteiger partial charge in [-0.2, -0.15) is 13.2 Å². The molecule has 1 aliphatic rings. The second kappa shape index (κ2) is 10.8.